The number of rotatable bonds is 6. The number of carbonyl (C=O) groups excluding carboxylic acids is 1. The average Bonchev–Trinajstić information content (AvgIpc) is 3.01. The lowest BCUT2D eigenvalue weighted by Gasteiger charge is -2.12. The highest BCUT2D eigenvalue weighted by atomic mass is 16.5. The molecule has 1 saturated carbocycles. The molecule has 4 N–H and O–H groups in total. The zero-order chi connectivity index (χ0) is 14.5. The number of ether oxygens (including phenoxy) is 1. The zero-order valence-corrected chi connectivity index (χ0v) is 11.7. The highest BCUT2D eigenvalue weighted by Crippen LogP contribution is 2.24. The predicted molar refractivity (Wildman–Crippen MR) is 72.7 cm³/mol. The smallest absolute Gasteiger partial charge is 0.223 e. The van der Waals surface area contributed by atoms with Crippen molar-refractivity contribution in [1.29, 1.82) is 0 Å². The van der Waals surface area contributed by atoms with Crippen molar-refractivity contribution in [2.75, 3.05) is 13.7 Å². The van der Waals surface area contributed by atoms with Gasteiger partial charge in [0.15, 0.2) is 0 Å². The first-order chi connectivity index (χ1) is 9.61. The lowest BCUT2D eigenvalue weighted by atomic mass is 10.1. The van der Waals surface area contributed by atoms with Gasteiger partial charge in [-0.25, -0.2) is 4.98 Å². The fraction of sp³-hybridized carbons (Fsp3) is 0.692. The molecule has 0 spiro atoms. The van der Waals surface area contributed by atoms with Gasteiger partial charge in [-0.15, -0.1) is 0 Å². The molecule has 0 aromatic carbocycles. The Hall–Kier alpha value is -1.44. The van der Waals surface area contributed by atoms with Crippen molar-refractivity contribution in [3.05, 3.63) is 18.2 Å². The first-order valence-electron chi connectivity index (χ1n) is 6.81. The Morgan fingerprint density at radius 1 is 1.65 bits per heavy atom. The fourth-order valence-corrected chi connectivity index (χ4v) is 2.47. The molecule has 20 heavy (non-hydrogen) atoms. The zero-order valence-electron chi connectivity index (χ0n) is 11.7. The van der Waals surface area contributed by atoms with E-state index in [9.17, 15) is 9.90 Å². The molecule has 0 bridgehead atoms. The number of imidazole rings is 1. The molecule has 0 saturated heterocycles. The molecule has 1 aromatic heterocycles. The van der Waals surface area contributed by atoms with E-state index in [0.29, 0.717) is 32.5 Å². The van der Waals surface area contributed by atoms with Crippen molar-refractivity contribution in [2.24, 2.45) is 11.7 Å². The number of nitrogens with zero attached hydrogens (tertiary/aromatic N) is 2. The van der Waals surface area contributed by atoms with E-state index in [1.54, 1.807) is 19.6 Å². The Morgan fingerprint density at radius 2 is 2.45 bits per heavy atom. The lowest BCUT2D eigenvalue weighted by Crippen LogP contribution is -2.31. The second kappa shape index (κ2) is 6.83. The monoisotopic (exact) mass is 282 g/mol. The van der Waals surface area contributed by atoms with Crippen LogP contribution in [0.3, 0.4) is 0 Å². The summed E-state index contributed by atoms with van der Waals surface area (Å²) in [6.07, 6.45) is 3.85. The van der Waals surface area contributed by atoms with E-state index in [4.69, 9.17) is 10.5 Å². The van der Waals surface area contributed by atoms with Gasteiger partial charge < -0.3 is 25.5 Å². The Bertz CT molecular complexity index is 439. The largest absolute Gasteiger partial charge is 0.391 e. The number of nitrogens with two attached hydrogens (primary N) is 1. The molecule has 7 nitrogen and oxygen atoms in total. The first-order valence-corrected chi connectivity index (χ1v) is 6.81. The second-order valence-electron chi connectivity index (χ2n) is 5.19. The van der Waals surface area contributed by atoms with Crippen LogP contribution >= 0.6 is 0 Å². The Kier molecular flexibility index (Phi) is 5.11. The summed E-state index contributed by atoms with van der Waals surface area (Å²) < 4.78 is 6.97. The minimum Gasteiger partial charge on any atom is -0.391 e. The molecule has 1 aliphatic rings. The maximum absolute atomic E-state index is 12.0. The quantitative estimate of drug-likeness (QED) is 0.637. The lowest BCUT2D eigenvalue weighted by molar-refractivity contribution is -0.125. The van der Waals surface area contributed by atoms with Gasteiger partial charge in [-0.3, -0.25) is 4.79 Å². The molecule has 1 heterocycles. The molecule has 112 valence electrons. The van der Waals surface area contributed by atoms with E-state index in [0.717, 1.165) is 5.69 Å². The summed E-state index contributed by atoms with van der Waals surface area (Å²) in [4.78, 5) is 16.1. The van der Waals surface area contributed by atoms with Gasteiger partial charge in [-0.05, 0) is 12.8 Å². The van der Waals surface area contributed by atoms with Crippen LogP contribution in [-0.2, 0) is 22.6 Å². The van der Waals surface area contributed by atoms with Gasteiger partial charge in [0.2, 0.25) is 5.91 Å². The number of carbonyl (C=O) groups is 1. The summed E-state index contributed by atoms with van der Waals surface area (Å²) >= 11 is 0. The van der Waals surface area contributed by atoms with Gasteiger partial charge in [0.05, 0.1) is 31.3 Å². The van der Waals surface area contributed by atoms with Crippen LogP contribution in [0.25, 0.3) is 0 Å². The number of hydrogen-bond acceptors (Lipinski definition) is 5. The number of aliphatic hydroxyl groups excluding tert-OH is 1. The van der Waals surface area contributed by atoms with Crippen LogP contribution in [0.2, 0.25) is 0 Å². The number of aliphatic hydroxyl groups is 1. The van der Waals surface area contributed by atoms with Gasteiger partial charge in [-0.2, -0.15) is 0 Å². The summed E-state index contributed by atoms with van der Waals surface area (Å²) in [7, 11) is 1.65. The minimum absolute atomic E-state index is 0.0588. The number of aromatic nitrogens is 2. The van der Waals surface area contributed by atoms with Crippen molar-refractivity contribution in [1.82, 2.24) is 14.9 Å². The van der Waals surface area contributed by atoms with Crippen molar-refractivity contribution in [2.45, 2.75) is 38.1 Å². The van der Waals surface area contributed by atoms with Crippen LogP contribution in [0.15, 0.2) is 12.5 Å². The third-order valence-corrected chi connectivity index (χ3v) is 3.73. The standard InChI is InChI=1S/C13H22N4O3/c1-20-3-2-17-8-15-6-10(17)7-16-13(19)9-4-11(14)12(18)5-9/h6,8-9,11-12,18H,2-5,7,14H2,1H3,(H,16,19)/t9-,11-,12-/m0/s1. The predicted octanol–water partition coefficient (Wildman–Crippen LogP) is -0.756. The first kappa shape index (κ1) is 15.0. The number of methoxy groups -OCH3 is 1. The van der Waals surface area contributed by atoms with E-state index < -0.39 is 6.10 Å². The van der Waals surface area contributed by atoms with E-state index in [1.165, 1.54) is 0 Å². The van der Waals surface area contributed by atoms with E-state index in [2.05, 4.69) is 10.3 Å². The molecule has 0 aliphatic heterocycles. The van der Waals surface area contributed by atoms with Crippen LogP contribution in [-0.4, -0.2) is 46.4 Å². The van der Waals surface area contributed by atoms with Crippen molar-refractivity contribution < 1.29 is 14.6 Å². The Balaban J connectivity index is 1.83. The van der Waals surface area contributed by atoms with Gasteiger partial charge in [0.1, 0.15) is 0 Å². The average molecular weight is 282 g/mol. The Morgan fingerprint density at radius 3 is 3.10 bits per heavy atom. The summed E-state index contributed by atoms with van der Waals surface area (Å²) in [6, 6.07) is -0.294. The highest BCUT2D eigenvalue weighted by Gasteiger charge is 2.34. The normalized spacial score (nSPS) is 25.9. The molecule has 2 rings (SSSR count). The van der Waals surface area contributed by atoms with Crippen LogP contribution in [0.1, 0.15) is 18.5 Å². The van der Waals surface area contributed by atoms with Crippen LogP contribution in [0, 0.1) is 5.92 Å². The van der Waals surface area contributed by atoms with Crippen LogP contribution in [0.4, 0.5) is 0 Å². The number of amides is 1. The molecular formula is C13H22N4O3. The fourth-order valence-electron chi connectivity index (χ4n) is 2.47. The molecule has 1 fully saturated rings. The van der Waals surface area contributed by atoms with Gasteiger partial charge in [0.25, 0.3) is 0 Å². The van der Waals surface area contributed by atoms with Crippen LogP contribution < -0.4 is 11.1 Å². The van der Waals surface area contributed by atoms with E-state index >= 15 is 0 Å². The summed E-state index contributed by atoms with van der Waals surface area (Å²) in [5.74, 6) is -0.258. The Labute approximate surface area is 118 Å². The molecule has 0 radical (unpaired) electrons. The highest BCUT2D eigenvalue weighted by molar-refractivity contribution is 5.79. The number of hydrogen-bond donors (Lipinski definition) is 3. The van der Waals surface area contributed by atoms with Gasteiger partial charge in [0, 0.05) is 31.8 Å². The summed E-state index contributed by atoms with van der Waals surface area (Å²) in [6.45, 7) is 1.72. The van der Waals surface area contributed by atoms with E-state index in [1.807, 2.05) is 4.57 Å². The van der Waals surface area contributed by atoms with Gasteiger partial charge in [-0.1, -0.05) is 0 Å². The summed E-state index contributed by atoms with van der Waals surface area (Å²) in [5.41, 5.74) is 6.65. The molecule has 3 atom stereocenters. The van der Waals surface area contributed by atoms with Gasteiger partial charge >= 0.3 is 0 Å². The molecule has 7 heteroatoms. The molecule has 1 aliphatic carbocycles. The van der Waals surface area contributed by atoms with Crippen molar-refractivity contribution >= 4 is 5.91 Å². The number of nitrogens with one attached hydrogen (secondary N) is 1. The molecule has 1 aromatic rings. The molecule has 1 amide bonds. The molecule has 0 unspecified atom stereocenters. The minimum atomic E-state index is -0.571. The second-order valence-corrected chi connectivity index (χ2v) is 5.19. The molecular weight excluding hydrogens is 260 g/mol. The van der Waals surface area contributed by atoms with Crippen LogP contribution in [0.5, 0.6) is 0 Å². The van der Waals surface area contributed by atoms with Crippen molar-refractivity contribution in [3.63, 3.8) is 0 Å². The van der Waals surface area contributed by atoms with E-state index in [-0.39, 0.29) is 17.9 Å². The maximum atomic E-state index is 12.0. The van der Waals surface area contributed by atoms with Crippen molar-refractivity contribution in [3.8, 4) is 0 Å². The topological polar surface area (TPSA) is 102 Å². The SMILES string of the molecule is COCCn1cncc1CNC(=O)[C@H]1C[C@H](N)[C@@H](O)C1. The third kappa shape index (κ3) is 3.56. The maximum Gasteiger partial charge on any atom is 0.223 e. The third-order valence-electron chi connectivity index (χ3n) is 3.73. The summed E-state index contributed by atoms with van der Waals surface area (Å²) in [5, 5.41) is 12.5.